The lowest BCUT2D eigenvalue weighted by Crippen LogP contribution is -2.39. The molecule has 1 atom stereocenters. The summed E-state index contributed by atoms with van der Waals surface area (Å²) in [5, 5.41) is 27.1. The van der Waals surface area contributed by atoms with E-state index in [1.165, 1.54) is 19.3 Å². The smallest absolute Gasteiger partial charge is 0.227 e. The molecule has 0 bridgehead atoms. The summed E-state index contributed by atoms with van der Waals surface area (Å²) in [6, 6.07) is 5.08. The van der Waals surface area contributed by atoms with E-state index in [1.807, 2.05) is 13.3 Å². The number of hydrogen-bond donors (Lipinski definition) is 5. The number of phenols is 1. The summed E-state index contributed by atoms with van der Waals surface area (Å²) in [6.45, 7) is 5.72. The first-order valence-electron chi connectivity index (χ1n) is 11.3. The number of aromatic hydroxyl groups is 1. The average molecular weight is 440 g/mol. The molecule has 0 amide bonds. The lowest BCUT2D eigenvalue weighted by atomic mass is 9.95. The fourth-order valence-corrected chi connectivity index (χ4v) is 4.03. The Labute approximate surface area is 188 Å². The van der Waals surface area contributed by atoms with E-state index in [-0.39, 0.29) is 11.8 Å². The molecule has 1 aliphatic rings. The molecule has 0 aliphatic heterocycles. The SMILES string of the molecule is CC(Nc1nc(NCc2cc(N)ccc2O)c2ncn(C3CCCCC3)c2n1)C(C)(C)O. The topological polar surface area (TPSA) is 134 Å². The van der Waals surface area contributed by atoms with Gasteiger partial charge in [0, 0.05) is 23.8 Å². The molecular formula is C23H33N7O2. The van der Waals surface area contributed by atoms with Gasteiger partial charge in [-0.25, -0.2) is 4.98 Å². The number of nitrogens with two attached hydrogens (primary N) is 1. The number of rotatable bonds is 7. The van der Waals surface area contributed by atoms with Gasteiger partial charge in [0.15, 0.2) is 17.0 Å². The fraction of sp³-hybridized carbons (Fsp3) is 0.522. The minimum atomic E-state index is -0.942. The van der Waals surface area contributed by atoms with Crippen molar-refractivity contribution < 1.29 is 10.2 Å². The van der Waals surface area contributed by atoms with E-state index in [0.717, 1.165) is 18.5 Å². The second kappa shape index (κ2) is 8.82. The van der Waals surface area contributed by atoms with E-state index in [1.54, 1.807) is 32.0 Å². The van der Waals surface area contributed by atoms with E-state index >= 15 is 0 Å². The average Bonchev–Trinajstić information content (AvgIpc) is 3.18. The highest BCUT2D eigenvalue weighted by Gasteiger charge is 2.25. The van der Waals surface area contributed by atoms with Gasteiger partial charge in [0.05, 0.1) is 18.0 Å². The maximum absolute atomic E-state index is 10.4. The van der Waals surface area contributed by atoms with Crippen LogP contribution in [0.2, 0.25) is 0 Å². The van der Waals surface area contributed by atoms with Crippen LogP contribution < -0.4 is 16.4 Å². The first-order chi connectivity index (χ1) is 15.2. The fourth-order valence-electron chi connectivity index (χ4n) is 4.03. The Bertz CT molecular complexity index is 1080. The number of anilines is 3. The van der Waals surface area contributed by atoms with Crippen molar-refractivity contribution in [1.29, 1.82) is 0 Å². The Hall–Kier alpha value is -3.07. The van der Waals surface area contributed by atoms with Crippen molar-refractivity contribution >= 4 is 28.6 Å². The Morgan fingerprint density at radius 3 is 2.69 bits per heavy atom. The number of aromatic nitrogens is 4. The van der Waals surface area contributed by atoms with Gasteiger partial charge < -0.3 is 31.1 Å². The molecule has 1 fully saturated rings. The number of benzene rings is 1. The monoisotopic (exact) mass is 439 g/mol. The Balaban J connectivity index is 1.70. The van der Waals surface area contributed by atoms with Crippen LogP contribution in [0.4, 0.5) is 17.5 Å². The number of nitrogen functional groups attached to an aromatic ring is 1. The third kappa shape index (κ3) is 4.72. The minimum absolute atomic E-state index is 0.165. The third-order valence-electron chi connectivity index (χ3n) is 6.34. The summed E-state index contributed by atoms with van der Waals surface area (Å²) in [7, 11) is 0. The van der Waals surface area contributed by atoms with Gasteiger partial charge in [0.1, 0.15) is 5.75 Å². The largest absolute Gasteiger partial charge is 0.508 e. The predicted molar refractivity (Wildman–Crippen MR) is 127 cm³/mol. The highest BCUT2D eigenvalue weighted by molar-refractivity contribution is 5.84. The molecule has 0 spiro atoms. The normalized spacial score (nSPS) is 16.2. The van der Waals surface area contributed by atoms with Crippen molar-refractivity contribution in [2.24, 2.45) is 0 Å². The lowest BCUT2D eigenvalue weighted by molar-refractivity contribution is 0.0646. The number of nitrogens with one attached hydrogen (secondary N) is 2. The molecule has 1 aliphatic carbocycles. The molecule has 1 unspecified atom stereocenters. The molecule has 0 radical (unpaired) electrons. The predicted octanol–water partition coefficient (Wildman–Crippen LogP) is 3.80. The van der Waals surface area contributed by atoms with Gasteiger partial charge in [-0.15, -0.1) is 0 Å². The van der Waals surface area contributed by atoms with Crippen LogP contribution in [0.15, 0.2) is 24.5 Å². The molecular weight excluding hydrogens is 406 g/mol. The molecule has 9 heteroatoms. The molecule has 9 nitrogen and oxygen atoms in total. The van der Waals surface area contributed by atoms with Crippen LogP contribution in [-0.2, 0) is 6.54 Å². The number of aliphatic hydroxyl groups is 1. The number of fused-ring (bicyclic) bond motifs is 1. The van der Waals surface area contributed by atoms with E-state index in [4.69, 9.17) is 10.7 Å². The third-order valence-corrected chi connectivity index (χ3v) is 6.34. The highest BCUT2D eigenvalue weighted by Crippen LogP contribution is 2.32. The second-order valence-electron chi connectivity index (χ2n) is 9.27. The second-order valence-corrected chi connectivity index (χ2v) is 9.27. The van der Waals surface area contributed by atoms with Gasteiger partial charge in [-0.1, -0.05) is 19.3 Å². The van der Waals surface area contributed by atoms with Crippen LogP contribution in [0.1, 0.15) is 64.5 Å². The van der Waals surface area contributed by atoms with Crippen molar-refractivity contribution in [2.45, 2.75) is 77.1 Å². The summed E-state index contributed by atoms with van der Waals surface area (Å²) in [5.41, 5.74) is 7.63. The number of hydrogen-bond acceptors (Lipinski definition) is 8. The maximum atomic E-state index is 10.4. The van der Waals surface area contributed by atoms with Gasteiger partial charge in [0.25, 0.3) is 0 Å². The van der Waals surface area contributed by atoms with Crippen LogP contribution in [0.5, 0.6) is 5.75 Å². The molecule has 1 saturated carbocycles. The molecule has 6 N–H and O–H groups in total. The molecule has 2 heterocycles. The standard InChI is InChI=1S/C23H33N7O2/c1-14(23(2,3)32)27-22-28-20(25-12-15-11-16(24)9-10-18(15)31)19-21(29-22)30(13-26-19)17-7-5-4-6-8-17/h9-11,13-14,17,31-32H,4-8,12,24H2,1-3H3,(H2,25,27,28,29). The zero-order chi connectivity index (χ0) is 22.9. The van der Waals surface area contributed by atoms with E-state index in [9.17, 15) is 10.2 Å². The van der Waals surface area contributed by atoms with Gasteiger partial charge in [-0.3, -0.25) is 0 Å². The zero-order valence-corrected chi connectivity index (χ0v) is 19.0. The van der Waals surface area contributed by atoms with Crippen molar-refractivity contribution in [3.05, 3.63) is 30.1 Å². The molecule has 4 rings (SSSR count). The van der Waals surface area contributed by atoms with Crippen molar-refractivity contribution in [2.75, 3.05) is 16.4 Å². The number of phenolic OH excluding ortho intramolecular Hbond substituents is 1. The summed E-state index contributed by atoms with van der Waals surface area (Å²) in [6.07, 6.45) is 7.74. The molecule has 32 heavy (non-hydrogen) atoms. The van der Waals surface area contributed by atoms with Crippen LogP contribution in [0.3, 0.4) is 0 Å². The molecule has 3 aromatic rings. The quantitative estimate of drug-likeness (QED) is 0.277. The Kier molecular flexibility index (Phi) is 6.10. The molecule has 172 valence electrons. The van der Waals surface area contributed by atoms with E-state index < -0.39 is 5.60 Å². The van der Waals surface area contributed by atoms with Gasteiger partial charge in [0.2, 0.25) is 5.95 Å². The number of imidazole rings is 1. The molecule has 0 saturated heterocycles. The molecule has 1 aromatic carbocycles. The molecule has 2 aromatic heterocycles. The van der Waals surface area contributed by atoms with Crippen molar-refractivity contribution in [3.63, 3.8) is 0 Å². The van der Waals surface area contributed by atoms with Gasteiger partial charge in [-0.05, 0) is 51.8 Å². The van der Waals surface area contributed by atoms with E-state index in [2.05, 4.69) is 25.2 Å². The summed E-state index contributed by atoms with van der Waals surface area (Å²) in [5.74, 6) is 1.15. The number of nitrogens with zero attached hydrogens (tertiary/aromatic N) is 4. The first kappa shape index (κ1) is 22.1. The van der Waals surface area contributed by atoms with Gasteiger partial charge >= 0.3 is 0 Å². The van der Waals surface area contributed by atoms with Crippen LogP contribution in [0.25, 0.3) is 11.2 Å². The van der Waals surface area contributed by atoms with Crippen LogP contribution in [0, 0.1) is 0 Å². The highest BCUT2D eigenvalue weighted by atomic mass is 16.3. The minimum Gasteiger partial charge on any atom is -0.508 e. The first-order valence-corrected chi connectivity index (χ1v) is 11.3. The van der Waals surface area contributed by atoms with Crippen molar-refractivity contribution in [3.8, 4) is 5.75 Å². The summed E-state index contributed by atoms with van der Waals surface area (Å²) < 4.78 is 2.15. The Morgan fingerprint density at radius 1 is 1.22 bits per heavy atom. The van der Waals surface area contributed by atoms with Crippen LogP contribution in [-0.4, -0.2) is 41.4 Å². The van der Waals surface area contributed by atoms with E-state index in [0.29, 0.717) is 41.1 Å². The Morgan fingerprint density at radius 2 is 1.97 bits per heavy atom. The summed E-state index contributed by atoms with van der Waals surface area (Å²) >= 11 is 0. The van der Waals surface area contributed by atoms with Crippen molar-refractivity contribution in [1.82, 2.24) is 19.5 Å². The van der Waals surface area contributed by atoms with Crippen LogP contribution >= 0.6 is 0 Å². The summed E-state index contributed by atoms with van der Waals surface area (Å²) in [4.78, 5) is 14.0. The van der Waals surface area contributed by atoms with Gasteiger partial charge in [-0.2, -0.15) is 9.97 Å². The zero-order valence-electron chi connectivity index (χ0n) is 19.0. The maximum Gasteiger partial charge on any atom is 0.227 e. The lowest BCUT2D eigenvalue weighted by Gasteiger charge is -2.27.